The fourth-order valence-electron chi connectivity index (χ4n) is 6.09. The Morgan fingerprint density at radius 3 is 2.38 bits per heavy atom. The Bertz CT molecular complexity index is 1480. The third-order valence-electron chi connectivity index (χ3n) is 7.88. The number of hydrogen-bond donors (Lipinski definition) is 3. The third-order valence-corrected chi connectivity index (χ3v) is 8.46. The first-order valence-corrected chi connectivity index (χ1v) is 14.3. The molecule has 0 unspecified atom stereocenters. The van der Waals surface area contributed by atoms with Crippen molar-refractivity contribution in [1.82, 2.24) is 5.32 Å². The molecule has 4 rings (SSSR count). The van der Waals surface area contributed by atoms with Crippen LogP contribution < -0.4 is 21.1 Å². The van der Waals surface area contributed by atoms with Crippen molar-refractivity contribution in [2.75, 3.05) is 26.1 Å². The second-order valence-corrected chi connectivity index (χ2v) is 12.6. The minimum absolute atomic E-state index is 0.0239. The molecule has 0 aromatic heterocycles. The molecule has 1 aliphatic heterocycles. The van der Waals surface area contributed by atoms with Gasteiger partial charge in [-0.15, -0.1) is 0 Å². The Morgan fingerprint density at radius 2 is 1.79 bits per heavy atom. The van der Waals surface area contributed by atoms with Crippen LogP contribution in [0.5, 0.6) is 5.75 Å². The van der Waals surface area contributed by atoms with Crippen LogP contribution in [0.2, 0.25) is 10.0 Å². The Kier molecular flexibility index (Phi) is 9.52. The van der Waals surface area contributed by atoms with Gasteiger partial charge >= 0.3 is 5.97 Å². The maximum atomic E-state index is 15.9. The number of carbonyl (C=O) groups excluding carboxylic acids is 2. The van der Waals surface area contributed by atoms with Crippen LogP contribution in [0.15, 0.2) is 60.7 Å². The molecule has 0 saturated carbocycles. The van der Waals surface area contributed by atoms with E-state index in [0.29, 0.717) is 28.3 Å². The quantitative estimate of drug-likeness (QED) is 0.256. The molecule has 4 atom stereocenters. The number of nitrogens with one attached hydrogen (secondary N) is 2. The summed E-state index contributed by atoms with van der Waals surface area (Å²) < 4.78 is 26.2. The molecule has 1 aliphatic rings. The minimum Gasteiger partial charge on any atom is -0.495 e. The molecule has 0 radical (unpaired) electrons. The van der Waals surface area contributed by atoms with Crippen molar-refractivity contribution in [1.29, 1.82) is 0 Å². The lowest BCUT2D eigenvalue weighted by molar-refractivity contribution is -0.118. The molecule has 0 bridgehead atoms. The van der Waals surface area contributed by atoms with Crippen molar-refractivity contribution in [2.45, 2.75) is 50.6 Å². The molecule has 7 nitrogen and oxygen atoms in total. The molecule has 42 heavy (non-hydrogen) atoms. The number of halogens is 3. The highest BCUT2D eigenvalue weighted by Crippen LogP contribution is 2.53. The summed E-state index contributed by atoms with van der Waals surface area (Å²) in [5.74, 6) is -1.83. The lowest BCUT2D eigenvalue weighted by Gasteiger charge is -2.42. The van der Waals surface area contributed by atoms with E-state index in [4.69, 9.17) is 38.4 Å². The molecule has 224 valence electrons. The number of rotatable bonds is 8. The summed E-state index contributed by atoms with van der Waals surface area (Å²) in [7, 11) is 2.72. The maximum absolute atomic E-state index is 15.9. The Balaban J connectivity index is 1.89. The van der Waals surface area contributed by atoms with Gasteiger partial charge in [0.25, 0.3) is 0 Å². The van der Waals surface area contributed by atoms with E-state index in [-0.39, 0.29) is 28.3 Å². The molecule has 10 heteroatoms. The smallest absolute Gasteiger partial charge is 0.337 e. The van der Waals surface area contributed by atoms with E-state index in [1.165, 1.54) is 32.4 Å². The molecule has 3 aromatic carbocycles. The highest BCUT2D eigenvalue weighted by molar-refractivity contribution is 6.31. The topological polar surface area (TPSA) is 103 Å². The van der Waals surface area contributed by atoms with Gasteiger partial charge in [-0.1, -0.05) is 68.2 Å². The molecule has 1 saturated heterocycles. The van der Waals surface area contributed by atoms with Crippen LogP contribution in [-0.4, -0.2) is 44.7 Å². The number of ether oxygens (including phenoxy) is 2. The first-order valence-electron chi connectivity index (χ1n) is 13.6. The van der Waals surface area contributed by atoms with Crippen molar-refractivity contribution in [3.63, 3.8) is 0 Å². The van der Waals surface area contributed by atoms with E-state index < -0.39 is 41.1 Å². The third kappa shape index (κ3) is 6.13. The van der Waals surface area contributed by atoms with Gasteiger partial charge in [-0.2, -0.15) is 0 Å². The molecule has 3 aromatic rings. The van der Waals surface area contributed by atoms with E-state index in [0.717, 1.165) is 0 Å². The monoisotopic (exact) mass is 615 g/mol. The highest BCUT2D eigenvalue weighted by atomic mass is 35.5. The number of hydrogen-bond acceptors (Lipinski definition) is 6. The Morgan fingerprint density at radius 1 is 1.07 bits per heavy atom. The number of methoxy groups -OCH3 is 2. The first kappa shape index (κ1) is 31.8. The molecule has 1 fully saturated rings. The predicted octanol–water partition coefficient (Wildman–Crippen LogP) is 6.32. The first-order chi connectivity index (χ1) is 19.9. The molecule has 4 N–H and O–H groups in total. The van der Waals surface area contributed by atoms with Crippen LogP contribution in [0.4, 0.5) is 10.1 Å². The summed E-state index contributed by atoms with van der Waals surface area (Å²) in [6.07, 6.45) is 0.578. The predicted molar refractivity (Wildman–Crippen MR) is 164 cm³/mol. The number of amides is 1. The van der Waals surface area contributed by atoms with Gasteiger partial charge in [-0.25, -0.2) is 9.18 Å². The van der Waals surface area contributed by atoms with Gasteiger partial charge in [-0.05, 0) is 59.4 Å². The average Bonchev–Trinajstić information content (AvgIpc) is 3.25. The van der Waals surface area contributed by atoms with Crippen LogP contribution in [0, 0.1) is 11.2 Å². The summed E-state index contributed by atoms with van der Waals surface area (Å²) in [6.45, 7) is 6.27. The van der Waals surface area contributed by atoms with Crippen LogP contribution in [0.25, 0.3) is 0 Å². The average molecular weight is 617 g/mol. The van der Waals surface area contributed by atoms with Gasteiger partial charge < -0.3 is 25.8 Å². The number of benzene rings is 3. The molecule has 0 aliphatic carbocycles. The molecule has 1 heterocycles. The van der Waals surface area contributed by atoms with Crippen molar-refractivity contribution in [3.8, 4) is 5.75 Å². The van der Waals surface area contributed by atoms with E-state index >= 15 is 4.39 Å². The molecular weight excluding hydrogens is 580 g/mol. The van der Waals surface area contributed by atoms with Gasteiger partial charge in [0, 0.05) is 34.0 Å². The fraction of sp³-hybridized carbons (Fsp3) is 0.375. The summed E-state index contributed by atoms with van der Waals surface area (Å²) in [6, 6.07) is 15.1. The van der Waals surface area contributed by atoms with Gasteiger partial charge in [0.1, 0.15) is 11.6 Å². The number of carbonyl (C=O) groups is 2. The van der Waals surface area contributed by atoms with Gasteiger partial charge in [0.15, 0.2) is 0 Å². The zero-order valence-electron chi connectivity index (χ0n) is 24.3. The van der Waals surface area contributed by atoms with E-state index in [9.17, 15) is 9.59 Å². The van der Waals surface area contributed by atoms with Gasteiger partial charge in [0.05, 0.1) is 31.5 Å². The number of nitrogens with two attached hydrogens (primary N) is 1. The lowest BCUT2D eigenvalue weighted by atomic mass is 9.62. The largest absolute Gasteiger partial charge is 0.495 e. The lowest BCUT2D eigenvalue weighted by Crippen LogP contribution is -2.50. The zero-order chi connectivity index (χ0) is 30.8. The second kappa shape index (κ2) is 12.6. The minimum atomic E-state index is -1.08. The van der Waals surface area contributed by atoms with Crippen molar-refractivity contribution in [3.05, 3.63) is 93.2 Å². The Hall–Kier alpha value is -3.17. The van der Waals surface area contributed by atoms with Crippen molar-refractivity contribution in [2.24, 2.45) is 11.1 Å². The second-order valence-electron chi connectivity index (χ2n) is 11.7. The van der Waals surface area contributed by atoms with Crippen LogP contribution in [-0.2, 0) is 14.9 Å². The van der Waals surface area contributed by atoms with E-state index in [2.05, 4.69) is 31.4 Å². The highest BCUT2D eigenvalue weighted by Gasteiger charge is 2.59. The summed E-state index contributed by atoms with van der Waals surface area (Å²) in [4.78, 5) is 26.3. The SMILES string of the molecule is COC(=O)c1ccc(NC(=O)[C@@H]2N[C@@H](CC(C)(C)C)[C@](CN)(c3ccc(Cl)cc3F)[C@@H]2c2ccccc2Cl)c(OC)c1. The summed E-state index contributed by atoms with van der Waals surface area (Å²) in [5, 5.41) is 7.18. The van der Waals surface area contributed by atoms with Crippen LogP contribution in [0.3, 0.4) is 0 Å². The number of esters is 1. The van der Waals surface area contributed by atoms with Gasteiger partial charge in [-0.3, -0.25) is 4.79 Å². The van der Waals surface area contributed by atoms with E-state index in [1.807, 2.05) is 12.1 Å². The zero-order valence-corrected chi connectivity index (χ0v) is 25.8. The van der Waals surface area contributed by atoms with Crippen molar-refractivity contribution >= 4 is 40.8 Å². The molecule has 1 amide bonds. The number of anilines is 1. The van der Waals surface area contributed by atoms with E-state index in [1.54, 1.807) is 30.3 Å². The molecule has 0 spiro atoms. The Labute approximate surface area is 255 Å². The summed E-state index contributed by atoms with van der Waals surface area (Å²) >= 11 is 12.9. The van der Waals surface area contributed by atoms with Crippen LogP contribution >= 0.6 is 23.2 Å². The van der Waals surface area contributed by atoms with Crippen LogP contribution in [0.1, 0.15) is 54.6 Å². The normalized spacial score (nSPS) is 22.1. The fourth-order valence-corrected chi connectivity index (χ4v) is 6.50. The maximum Gasteiger partial charge on any atom is 0.337 e. The van der Waals surface area contributed by atoms with Crippen molar-refractivity contribution < 1.29 is 23.5 Å². The summed E-state index contributed by atoms with van der Waals surface area (Å²) in [5.41, 5.74) is 7.00. The molecular formula is C32H36Cl2FN3O4. The standard InChI is InChI=1S/C32H36Cl2FN3O4/c1-31(2,3)16-26-32(17-36,21-12-11-19(33)15-23(21)35)27(20-8-6-7-9-22(20)34)28(38-26)29(39)37-24-13-10-18(30(40)42-5)14-25(24)41-4/h6-15,26-28,38H,16-17,36H2,1-5H3,(H,37,39)/t26-,27+,28+,32-/m0/s1. The van der Waals surface area contributed by atoms with Gasteiger partial charge in [0.2, 0.25) is 5.91 Å².